The van der Waals surface area contributed by atoms with Crippen LogP contribution < -0.4 is 0 Å². The molecule has 0 fully saturated rings. The van der Waals surface area contributed by atoms with Gasteiger partial charge >= 0.3 is 35.8 Å². The molecule has 0 aliphatic rings. The van der Waals surface area contributed by atoms with Crippen LogP contribution >= 0.6 is 0 Å². The third-order valence-corrected chi connectivity index (χ3v) is 4.24. The second-order valence-corrected chi connectivity index (χ2v) is 8.27. The number of carboxylic acid groups (broad SMARTS) is 6. The molecular formula is C23H42O15. The molecule has 0 saturated carbocycles. The van der Waals surface area contributed by atoms with E-state index in [1.54, 1.807) is 6.92 Å². The largest absolute Gasteiger partial charge is 0.481 e. The summed E-state index contributed by atoms with van der Waals surface area (Å²) in [6.45, 7) is 1.06. The van der Waals surface area contributed by atoms with Gasteiger partial charge in [-0.3, -0.25) is 28.8 Å². The van der Waals surface area contributed by atoms with Gasteiger partial charge in [-0.25, -0.2) is 0 Å². The summed E-state index contributed by atoms with van der Waals surface area (Å²) in [5.74, 6) is -5.22. The number of carboxylic acids is 6. The van der Waals surface area contributed by atoms with E-state index in [0.29, 0.717) is 38.5 Å². The predicted molar refractivity (Wildman–Crippen MR) is 131 cm³/mol. The Kier molecular flexibility index (Phi) is 31.1. The van der Waals surface area contributed by atoms with E-state index < -0.39 is 41.2 Å². The van der Waals surface area contributed by atoms with Gasteiger partial charge in [0, 0.05) is 43.9 Å². The van der Waals surface area contributed by atoms with Gasteiger partial charge in [0.15, 0.2) is 0 Å². The molecule has 0 saturated heterocycles. The molecule has 0 rings (SSSR count). The summed E-state index contributed by atoms with van der Waals surface area (Å²) in [6, 6.07) is 0. The van der Waals surface area contributed by atoms with Crippen LogP contribution in [0.15, 0.2) is 0 Å². The second-order valence-electron chi connectivity index (χ2n) is 8.27. The highest BCUT2D eigenvalue weighted by molar-refractivity contribution is 5.69. The molecule has 15 nitrogen and oxygen atoms in total. The molecule has 0 atom stereocenters. The fourth-order valence-electron chi connectivity index (χ4n) is 1.81. The van der Waals surface area contributed by atoms with Crippen LogP contribution in [0.3, 0.4) is 0 Å². The maximum atomic E-state index is 9.90. The van der Waals surface area contributed by atoms with Crippen LogP contribution in [0.1, 0.15) is 84.0 Å². The average Bonchev–Trinajstić information content (AvgIpc) is 2.82. The maximum Gasteiger partial charge on any atom is 0.303 e. The number of hydrogen-bond acceptors (Lipinski definition) is 9. The normalized spacial score (nSPS) is 9.79. The minimum Gasteiger partial charge on any atom is -0.481 e. The van der Waals surface area contributed by atoms with Crippen molar-refractivity contribution in [1.82, 2.24) is 0 Å². The summed E-state index contributed by atoms with van der Waals surface area (Å²) in [5.41, 5.74) is -0.708. The SMILES string of the molecule is CC(CO)(CO)CO.O=C(O)CCCCC(=O)O.O=C(O)CCCCC(=O)O.O=C(O)CCCCC(=O)O. The number of rotatable bonds is 18. The van der Waals surface area contributed by atoms with Gasteiger partial charge in [-0.15, -0.1) is 0 Å². The molecule has 0 aromatic heterocycles. The molecule has 0 aromatic rings. The molecule has 15 heteroatoms. The third kappa shape index (κ3) is 46.1. The number of hydrogen-bond donors (Lipinski definition) is 9. The van der Waals surface area contributed by atoms with Crippen molar-refractivity contribution in [3.05, 3.63) is 0 Å². The van der Waals surface area contributed by atoms with E-state index in [1.807, 2.05) is 0 Å². The van der Waals surface area contributed by atoms with Gasteiger partial charge in [0.05, 0.1) is 19.8 Å². The molecule has 0 amide bonds. The molecule has 38 heavy (non-hydrogen) atoms. The third-order valence-electron chi connectivity index (χ3n) is 4.24. The summed E-state index contributed by atoms with van der Waals surface area (Å²) in [6.07, 6.45) is 3.05. The standard InChI is InChI=1S/3C6H10O4.C5H12O3/c3*7-5(8)3-1-2-4-6(9)10;1-5(2-6,3-7)4-8/h3*1-4H2,(H,7,8)(H,9,10);6-8H,2-4H2,1H3. The number of aliphatic hydroxyl groups is 3. The topological polar surface area (TPSA) is 284 Å². The minimum absolute atomic E-state index is 0.0628. The minimum atomic E-state index is -0.870. The summed E-state index contributed by atoms with van der Waals surface area (Å²) >= 11 is 0. The number of aliphatic carboxylic acids is 6. The highest BCUT2D eigenvalue weighted by Crippen LogP contribution is 2.11. The van der Waals surface area contributed by atoms with Crippen LogP contribution in [0, 0.1) is 5.41 Å². The van der Waals surface area contributed by atoms with E-state index in [1.165, 1.54) is 0 Å². The van der Waals surface area contributed by atoms with Gasteiger partial charge in [-0.05, 0) is 38.5 Å². The first-order valence-electron chi connectivity index (χ1n) is 11.7. The molecule has 0 unspecified atom stereocenters. The van der Waals surface area contributed by atoms with Gasteiger partial charge in [-0.2, -0.15) is 0 Å². The van der Waals surface area contributed by atoms with Crippen molar-refractivity contribution in [2.45, 2.75) is 84.0 Å². The van der Waals surface area contributed by atoms with E-state index in [2.05, 4.69) is 0 Å². The van der Waals surface area contributed by atoms with Gasteiger partial charge in [0.1, 0.15) is 0 Å². The zero-order valence-corrected chi connectivity index (χ0v) is 21.6. The van der Waals surface area contributed by atoms with Gasteiger partial charge in [0.25, 0.3) is 0 Å². The lowest BCUT2D eigenvalue weighted by atomic mass is 9.95. The van der Waals surface area contributed by atoms with Crippen LogP contribution in [0.2, 0.25) is 0 Å². The highest BCUT2D eigenvalue weighted by Gasteiger charge is 2.20. The quantitative estimate of drug-likeness (QED) is 0.106. The molecule has 0 aliphatic heterocycles. The molecule has 0 radical (unpaired) electrons. The van der Waals surface area contributed by atoms with E-state index in [0.717, 1.165) is 0 Å². The Balaban J connectivity index is -0.000000204. The van der Waals surface area contributed by atoms with Crippen LogP contribution in [-0.2, 0) is 28.8 Å². The summed E-state index contributed by atoms with van der Waals surface area (Å²) in [5, 5.41) is 74.2. The Morgan fingerprint density at radius 2 is 0.526 bits per heavy atom. The number of carbonyl (C=O) groups is 6. The first kappa shape index (κ1) is 41.8. The summed E-state index contributed by atoms with van der Waals surface area (Å²) < 4.78 is 0. The zero-order valence-electron chi connectivity index (χ0n) is 21.6. The molecule has 0 bridgehead atoms. The lowest BCUT2D eigenvalue weighted by Crippen LogP contribution is -2.29. The van der Waals surface area contributed by atoms with E-state index in [-0.39, 0.29) is 58.3 Å². The van der Waals surface area contributed by atoms with Gasteiger partial charge < -0.3 is 46.0 Å². The Morgan fingerprint density at radius 1 is 0.395 bits per heavy atom. The Morgan fingerprint density at radius 3 is 0.579 bits per heavy atom. The summed E-state index contributed by atoms with van der Waals surface area (Å²) in [4.78, 5) is 59.4. The van der Waals surface area contributed by atoms with Crippen molar-refractivity contribution in [3.8, 4) is 0 Å². The molecule has 9 N–H and O–H groups in total. The monoisotopic (exact) mass is 558 g/mol. The predicted octanol–water partition coefficient (Wildman–Crippen LogP) is 1.12. The summed E-state index contributed by atoms with van der Waals surface area (Å²) in [7, 11) is 0. The lowest BCUT2D eigenvalue weighted by Gasteiger charge is -2.20. The Labute approximate surface area is 220 Å². The molecule has 0 aliphatic carbocycles. The fraction of sp³-hybridized carbons (Fsp3) is 0.739. The van der Waals surface area contributed by atoms with E-state index >= 15 is 0 Å². The van der Waals surface area contributed by atoms with Crippen LogP contribution in [0.4, 0.5) is 0 Å². The zero-order chi connectivity index (χ0) is 30.6. The van der Waals surface area contributed by atoms with Gasteiger partial charge in [0.2, 0.25) is 0 Å². The lowest BCUT2D eigenvalue weighted by molar-refractivity contribution is -0.139. The van der Waals surface area contributed by atoms with Gasteiger partial charge in [-0.1, -0.05) is 6.92 Å². The van der Waals surface area contributed by atoms with Crippen molar-refractivity contribution in [1.29, 1.82) is 0 Å². The van der Waals surface area contributed by atoms with E-state index in [4.69, 9.17) is 46.0 Å². The van der Waals surface area contributed by atoms with Crippen LogP contribution in [0.25, 0.3) is 0 Å². The van der Waals surface area contributed by atoms with E-state index in [9.17, 15) is 28.8 Å². The first-order valence-corrected chi connectivity index (χ1v) is 11.7. The van der Waals surface area contributed by atoms with Crippen LogP contribution in [0.5, 0.6) is 0 Å². The number of unbranched alkanes of at least 4 members (excludes halogenated alkanes) is 3. The first-order chi connectivity index (χ1) is 17.6. The average molecular weight is 559 g/mol. The number of aliphatic hydroxyl groups excluding tert-OH is 3. The fourth-order valence-corrected chi connectivity index (χ4v) is 1.81. The van der Waals surface area contributed by atoms with Crippen molar-refractivity contribution in [2.75, 3.05) is 19.8 Å². The van der Waals surface area contributed by atoms with Crippen LogP contribution in [-0.4, -0.2) is 102 Å². The highest BCUT2D eigenvalue weighted by atomic mass is 16.4. The molecule has 0 aromatic carbocycles. The van der Waals surface area contributed by atoms with Crippen molar-refractivity contribution in [3.63, 3.8) is 0 Å². The Hall–Kier alpha value is -3.30. The van der Waals surface area contributed by atoms with Crippen molar-refractivity contribution >= 4 is 35.8 Å². The molecular weight excluding hydrogens is 516 g/mol. The molecule has 0 heterocycles. The smallest absolute Gasteiger partial charge is 0.303 e. The maximum absolute atomic E-state index is 9.90. The van der Waals surface area contributed by atoms with Crippen molar-refractivity contribution in [2.24, 2.45) is 5.41 Å². The molecule has 0 spiro atoms. The Bertz CT molecular complexity index is 539. The second kappa shape index (κ2) is 28.3. The van der Waals surface area contributed by atoms with Crippen molar-refractivity contribution < 1.29 is 74.7 Å². The molecule has 224 valence electrons.